The molecule has 1 N–H and O–H groups in total. The summed E-state index contributed by atoms with van der Waals surface area (Å²) in [6.45, 7) is 0. The van der Waals surface area contributed by atoms with E-state index in [2.05, 4.69) is 20.3 Å². The van der Waals surface area contributed by atoms with E-state index in [9.17, 15) is 4.79 Å². The Bertz CT molecular complexity index is 1080. The molecule has 0 saturated carbocycles. The molecule has 6 heteroatoms. The lowest BCUT2D eigenvalue weighted by atomic mass is 10.1. The molecule has 0 aliphatic rings. The third kappa shape index (κ3) is 2.77. The van der Waals surface area contributed by atoms with Crippen molar-refractivity contribution >= 4 is 45.4 Å². The van der Waals surface area contributed by atoms with Crippen molar-refractivity contribution in [3.63, 3.8) is 0 Å². The molecular formula is C18H11ClN4O. The monoisotopic (exact) mass is 334 g/mol. The Balaban J connectivity index is 1.71. The van der Waals surface area contributed by atoms with Gasteiger partial charge in [-0.15, -0.1) is 0 Å². The molecule has 0 spiro atoms. The standard InChI is InChI=1S/C18H11ClN4O/c19-16-6-3-7-17(22-16)23-18(24)11-8-9-14-15(10-11)21-13-5-2-1-4-12(13)20-14/h1-10H,(H,22,23,24). The summed E-state index contributed by atoms with van der Waals surface area (Å²) in [5.74, 6) is 0.124. The van der Waals surface area contributed by atoms with Crippen LogP contribution in [0.4, 0.5) is 5.82 Å². The molecule has 2 aromatic heterocycles. The predicted molar refractivity (Wildman–Crippen MR) is 94.2 cm³/mol. The maximum absolute atomic E-state index is 12.4. The molecule has 0 atom stereocenters. The summed E-state index contributed by atoms with van der Waals surface area (Å²) in [6.07, 6.45) is 0. The van der Waals surface area contributed by atoms with Crippen molar-refractivity contribution in [1.82, 2.24) is 15.0 Å². The van der Waals surface area contributed by atoms with Crippen LogP contribution < -0.4 is 5.32 Å². The van der Waals surface area contributed by atoms with Crippen LogP contribution in [-0.2, 0) is 0 Å². The molecule has 4 rings (SSSR count). The highest BCUT2D eigenvalue weighted by Gasteiger charge is 2.09. The zero-order chi connectivity index (χ0) is 16.5. The number of halogens is 1. The van der Waals surface area contributed by atoms with Gasteiger partial charge in [0, 0.05) is 5.56 Å². The number of aromatic nitrogens is 3. The summed E-state index contributed by atoms with van der Waals surface area (Å²) in [4.78, 5) is 25.6. The van der Waals surface area contributed by atoms with Gasteiger partial charge in [0.05, 0.1) is 22.1 Å². The largest absolute Gasteiger partial charge is 0.307 e. The summed E-state index contributed by atoms with van der Waals surface area (Å²) < 4.78 is 0. The highest BCUT2D eigenvalue weighted by Crippen LogP contribution is 2.18. The molecule has 0 aliphatic carbocycles. The second-order valence-corrected chi connectivity index (χ2v) is 5.60. The minimum absolute atomic E-state index is 0.276. The molecule has 0 fully saturated rings. The van der Waals surface area contributed by atoms with Crippen LogP contribution in [0.2, 0.25) is 5.15 Å². The maximum atomic E-state index is 12.4. The third-order valence-electron chi connectivity index (χ3n) is 3.56. The van der Waals surface area contributed by atoms with Gasteiger partial charge in [0.15, 0.2) is 0 Å². The van der Waals surface area contributed by atoms with Crippen LogP contribution in [0, 0.1) is 0 Å². The van der Waals surface area contributed by atoms with Crippen molar-refractivity contribution in [1.29, 1.82) is 0 Å². The maximum Gasteiger partial charge on any atom is 0.256 e. The van der Waals surface area contributed by atoms with Gasteiger partial charge in [-0.3, -0.25) is 4.79 Å². The first-order valence-corrected chi connectivity index (χ1v) is 7.67. The smallest absolute Gasteiger partial charge is 0.256 e. The number of fused-ring (bicyclic) bond motifs is 2. The number of hydrogen-bond donors (Lipinski definition) is 1. The zero-order valence-electron chi connectivity index (χ0n) is 12.4. The molecule has 2 heterocycles. The quantitative estimate of drug-likeness (QED) is 0.443. The molecule has 1 amide bonds. The SMILES string of the molecule is O=C(Nc1cccc(Cl)n1)c1ccc2nc3ccccc3nc2c1. The summed E-state index contributed by atoms with van der Waals surface area (Å²) in [6, 6.07) is 17.9. The molecule has 0 radical (unpaired) electrons. The fourth-order valence-corrected chi connectivity index (χ4v) is 2.59. The summed E-state index contributed by atoms with van der Waals surface area (Å²) in [5.41, 5.74) is 3.50. The number of carbonyl (C=O) groups is 1. The van der Waals surface area contributed by atoms with E-state index in [1.54, 1.807) is 36.4 Å². The van der Waals surface area contributed by atoms with E-state index >= 15 is 0 Å². The Morgan fingerprint density at radius 2 is 1.50 bits per heavy atom. The molecule has 4 aromatic rings. The number of benzene rings is 2. The van der Waals surface area contributed by atoms with E-state index in [4.69, 9.17) is 11.6 Å². The van der Waals surface area contributed by atoms with Crippen molar-refractivity contribution in [2.24, 2.45) is 0 Å². The minimum atomic E-state index is -0.276. The van der Waals surface area contributed by atoms with Gasteiger partial charge >= 0.3 is 0 Å². The molecular weight excluding hydrogens is 324 g/mol. The normalized spacial score (nSPS) is 10.9. The van der Waals surface area contributed by atoms with Gasteiger partial charge in [0.1, 0.15) is 11.0 Å². The lowest BCUT2D eigenvalue weighted by Crippen LogP contribution is -2.13. The van der Waals surface area contributed by atoms with Gasteiger partial charge in [0.25, 0.3) is 5.91 Å². The number of nitrogens with one attached hydrogen (secondary N) is 1. The lowest BCUT2D eigenvalue weighted by Gasteiger charge is -2.06. The van der Waals surface area contributed by atoms with E-state index < -0.39 is 0 Å². The van der Waals surface area contributed by atoms with Crippen LogP contribution in [0.5, 0.6) is 0 Å². The number of nitrogens with zero attached hydrogens (tertiary/aromatic N) is 3. The zero-order valence-corrected chi connectivity index (χ0v) is 13.2. The third-order valence-corrected chi connectivity index (χ3v) is 3.77. The van der Waals surface area contributed by atoms with Crippen molar-refractivity contribution in [3.8, 4) is 0 Å². The van der Waals surface area contributed by atoms with Crippen molar-refractivity contribution in [2.45, 2.75) is 0 Å². The van der Waals surface area contributed by atoms with Crippen LogP contribution >= 0.6 is 11.6 Å². The highest BCUT2D eigenvalue weighted by molar-refractivity contribution is 6.29. The number of para-hydroxylation sites is 2. The van der Waals surface area contributed by atoms with Gasteiger partial charge in [-0.25, -0.2) is 15.0 Å². The minimum Gasteiger partial charge on any atom is -0.307 e. The van der Waals surface area contributed by atoms with Gasteiger partial charge in [0.2, 0.25) is 0 Å². The molecule has 0 bridgehead atoms. The fourth-order valence-electron chi connectivity index (χ4n) is 2.43. The Labute approximate surface area is 142 Å². The predicted octanol–water partition coefficient (Wildman–Crippen LogP) is 4.08. The van der Waals surface area contributed by atoms with Crippen molar-refractivity contribution in [2.75, 3.05) is 5.32 Å². The number of hydrogen-bond acceptors (Lipinski definition) is 4. The summed E-state index contributed by atoms with van der Waals surface area (Å²) in [7, 11) is 0. The first-order chi connectivity index (χ1) is 11.7. The topological polar surface area (TPSA) is 67.8 Å². The van der Waals surface area contributed by atoms with Gasteiger partial charge < -0.3 is 5.32 Å². The number of carbonyl (C=O) groups excluding carboxylic acids is 1. The number of pyridine rings is 1. The average Bonchev–Trinajstić information content (AvgIpc) is 2.59. The average molecular weight is 335 g/mol. The molecule has 116 valence electrons. The molecule has 2 aromatic carbocycles. The molecule has 0 saturated heterocycles. The van der Waals surface area contributed by atoms with Gasteiger partial charge in [-0.1, -0.05) is 29.8 Å². The van der Waals surface area contributed by atoms with Crippen LogP contribution in [0.15, 0.2) is 60.7 Å². The molecule has 24 heavy (non-hydrogen) atoms. The number of rotatable bonds is 2. The van der Waals surface area contributed by atoms with Crippen LogP contribution in [-0.4, -0.2) is 20.9 Å². The van der Waals surface area contributed by atoms with E-state index in [0.29, 0.717) is 22.1 Å². The lowest BCUT2D eigenvalue weighted by molar-refractivity contribution is 0.102. The first-order valence-electron chi connectivity index (χ1n) is 7.29. The number of anilines is 1. The fraction of sp³-hybridized carbons (Fsp3) is 0. The number of amides is 1. The Morgan fingerprint density at radius 1 is 0.792 bits per heavy atom. The van der Waals surface area contributed by atoms with Crippen LogP contribution in [0.1, 0.15) is 10.4 Å². The van der Waals surface area contributed by atoms with Crippen molar-refractivity contribution in [3.05, 3.63) is 71.4 Å². The highest BCUT2D eigenvalue weighted by atomic mass is 35.5. The molecule has 0 unspecified atom stereocenters. The second-order valence-electron chi connectivity index (χ2n) is 5.22. The Morgan fingerprint density at radius 3 is 2.25 bits per heavy atom. The van der Waals surface area contributed by atoms with Crippen LogP contribution in [0.3, 0.4) is 0 Å². The molecule has 0 aliphatic heterocycles. The van der Waals surface area contributed by atoms with Gasteiger partial charge in [-0.05, 0) is 42.5 Å². The Hall–Kier alpha value is -3.05. The van der Waals surface area contributed by atoms with E-state index in [1.165, 1.54) is 0 Å². The second kappa shape index (κ2) is 5.86. The summed E-state index contributed by atoms with van der Waals surface area (Å²) in [5, 5.41) is 3.04. The first kappa shape index (κ1) is 14.5. The van der Waals surface area contributed by atoms with E-state index in [0.717, 1.165) is 16.6 Å². The molecule has 5 nitrogen and oxygen atoms in total. The van der Waals surface area contributed by atoms with Crippen molar-refractivity contribution < 1.29 is 4.79 Å². The van der Waals surface area contributed by atoms with Crippen LogP contribution in [0.25, 0.3) is 22.1 Å². The van der Waals surface area contributed by atoms with E-state index in [-0.39, 0.29) is 5.91 Å². The van der Waals surface area contributed by atoms with E-state index in [1.807, 2.05) is 24.3 Å². The summed E-state index contributed by atoms with van der Waals surface area (Å²) >= 11 is 5.83. The van der Waals surface area contributed by atoms with Gasteiger partial charge in [-0.2, -0.15) is 0 Å². The Kier molecular flexibility index (Phi) is 3.55.